The second kappa shape index (κ2) is 10.3. The van der Waals surface area contributed by atoms with Crippen LogP contribution < -0.4 is 11.1 Å². The topological polar surface area (TPSA) is 164 Å². The summed E-state index contributed by atoms with van der Waals surface area (Å²) in [6.07, 6.45) is 1.68. The van der Waals surface area contributed by atoms with E-state index in [2.05, 4.69) is 20.3 Å². The monoisotopic (exact) mass is 528 g/mol. The van der Waals surface area contributed by atoms with E-state index in [1.54, 1.807) is 46.9 Å². The lowest BCUT2D eigenvalue weighted by Gasteiger charge is -2.24. The number of hydrogen-bond acceptors (Lipinski definition) is 10. The molecule has 0 spiro atoms. The van der Waals surface area contributed by atoms with Crippen LogP contribution >= 0.6 is 11.8 Å². The summed E-state index contributed by atoms with van der Waals surface area (Å²) >= 11 is 1.55. The average molecular weight is 529 g/mol. The predicted octanol–water partition coefficient (Wildman–Crippen LogP) is 2.03. The number of hydrogen-bond donors (Lipinski definition) is 3. The van der Waals surface area contributed by atoms with Crippen LogP contribution in [0.15, 0.2) is 43.0 Å². The van der Waals surface area contributed by atoms with E-state index in [0.717, 1.165) is 0 Å². The molecular formula is C24H28N6O6S. The van der Waals surface area contributed by atoms with Gasteiger partial charge < -0.3 is 30.4 Å². The van der Waals surface area contributed by atoms with Gasteiger partial charge in [0.05, 0.1) is 12.4 Å². The molecule has 0 aliphatic carbocycles. The summed E-state index contributed by atoms with van der Waals surface area (Å²) in [5.41, 5.74) is 7.01. The smallest absolute Gasteiger partial charge is 0.320 e. The number of ether oxygens (including phenoxy) is 3. The largest absolute Gasteiger partial charge is 0.480 e. The first-order valence-corrected chi connectivity index (χ1v) is 13.0. The number of aliphatic carboxylic acids is 1. The zero-order valence-electron chi connectivity index (χ0n) is 20.3. The van der Waals surface area contributed by atoms with Crippen molar-refractivity contribution in [2.45, 2.75) is 56.6 Å². The molecule has 2 fully saturated rings. The van der Waals surface area contributed by atoms with Crippen LogP contribution in [0.3, 0.4) is 0 Å². The highest BCUT2D eigenvalue weighted by molar-refractivity contribution is 7.99. The fraction of sp³-hybridized carbons (Fsp3) is 0.458. The molecule has 0 radical (unpaired) electrons. The SMILES string of the molecule is CC1(C)O[C@@H]2[C@H](O1)[C@@H](CSCC[C@@H](N)C(=O)O)O[C@H]2n1cnc2c(NC(=O)c3ccccc3)ncnc21. The first-order valence-electron chi connectivity index (χ1n) is 11.8. The standard InChI is InChI=1S/C24H28N6O6S/c1-24(2)35-17-15(10-37-9-8-14(25)23(32)33)34-22(18(17)36-24)30-12-28-16-19(26-11-27-20(16)30)29-21(31)13-6-4-3-5-7-13/h3-7,11-12,14-15,17-18,22H,8-10,25H2,1-2H3,(H,32,33)(H,26,27,29,31)/t14-,15-,17-,18-,22-/m1/s1. The van der Waals surface area contributed by atoms with Gasteiger partial charge in [-0.1, -0.05) is 18.2 Å². The highest BCUT2D eigenvalue weighted by Gasteiger charge is 2.56. The molecule has 4 N–H and O–H groups in total. The summed E-state index contributed by atoms with van der Waals surface area (Å²) < 4.78 is 20.5. The van der Waals surface area contributed by atoms with Crippen molar-refractivity contribution in [3.8, 4) is 0 Å². The Morgan fingerprint density at radius 2 is 1.95 bits per heavy atom. The molecular weight excluding hydrogens is 500 g/mol. The Labute approximate surface area is 216 Å². The molecule has 2 aliphatic rings. The van der Waals surface area contributed by atoms with Crippen LogP contribution in [0.5, 0.6) is 0 Å². The number of amides is 1. The number of imidazole rings is 1. The Balaban J connectivity index is 1.34. The Morgan fingerprint density at radius 3 is 2.70 bits per heavy atom. The molecule has 0 saturated carbocycles. The fourth-order valence-corrected chi connectivity index (χ4v) is 5.54. The van der Waals surface area contributed by atoms with Gasteiger partial charge in [-0.2, -0.15) is 11.8 Å². The number of aromatic nitrogens is 4. The fourth-order valence-electron chi connectivity index (χ4n) is 4.45. The summed E-state index contributed by atoms with van der Waals surface area (Å²) in [6, 6.07) is 7.94. The van der Waals surface area contributed by atoms with Crippen LogP contribution in [0, 0.1) is 0 Å². The van der Waals surface area contributed by atoms with Crippen molar-refractivity contribution in [2.24, 2.45) is 5.73 Å². The second-order valence-electron chi connectivity index (χ2n) is 9.30. The van der Waals surface area contributed by atoms with Gasteiger partial charge in [0.1, 0.15) is 24.6 Å². The number of carbonyl (C=O) groups is 2. The molecule has 0 bridgehead atoms. The third kappa shape index (κ3) is 5.31. The highest BCUT2D eigenvalue weighted by Crippen LogP contribution is 2.44. The minimum atomic E-state index is -1.01. The molecule has 37 heavy (non-hydrogen) atoms. The molecule has 5 atom stereocenters. The van der Waals surface area contributed by atoms with Gasteiger partial charge in [0.25, 0.3) is 5.91 Å². The van der Waals surface area contributed by atoms with Crippen LogP contribution in [-0.4, -0.2) is 78.1 Å². The van der Waals surface area contributed by atoms with Crippen LogP contribution in [-0.2, 0) is 19.0 Å². The first kappa shape index (κ1) is 25.5. The number of thioether (sulfide) groups is 1. The van der Waals surface area contributed by atoms with Crippen LogP contribution in [0.2, 0.25) is 0 Å². The lowest BCUT2D eigenvalue weighted by atomic mass is 10.1. The summed E-state index contributed by atoms with van der Waals surface area (Å²) in [5.74, 6) is -0.680. The van der Waals surface area contributed by atoms with Crippen LogP contribution in [0.4, 0.5) is 5.82 Å². The minimum Gasteiger partial charge on any atom is -0.480 e. The van der Waals surface area contributed by atoms with Gasteiger partial charge in [-0.25, -0.2) is 15.0 Å². The molecule has 2 aliphatic heterocycles. The Kier molecular flexibility index (Phi) is 7.14. The van der Waals surface area contributed by atoms with E-state index in [1.165, 1.54) is 6.33 Å². The number of carbonyl (C=O) groups excluding carboxylic acids is 1. The average Bonchev–Trinajstić information content (AvgIpc) is 3.53. The lowest BCUT2D eigenvalue weighted by Crippen LogP contribution is -2.32. The molecule has 2 saturated heterocycles. The second-order valence-corrected chi connectivity index (χ2v) is 10.5. The van der Waals surface area contributed by atoms with Gasteiger partial charge in [0.15, 0.2) is 29.0 Å². The Hall–Kier alpha value is -3.10. The van der Waals surface area contributed by atoms with E-state index in [-0.39, 0.29) is 23.9 Å². The van der Waals surface area contributed by atoms with E-state index in [4.69, 9.17) is 25.1 Å². The molecule has 0 unspecified atom stereocenters. The van der Waals surface area contributed by atoms with E-state index < -0.39 is 30.1 Å². The number of fused-ring (bicyclic) bond motifs is 2. The number of carboxylic acid groups (broad SMARTS) is 1. The van der Waals surface area contributed by atoms with E-state index in [0.29, 0.717) is 34.7 Å². The number of nitrogens with two attached hydrogens (primary N) is 1. The molecule has 5 rings (SSSR count). The van der Waals surface area contributed by atoms with E-state index >= 15 is 0 Å². The maximum atomic E-state index is 12.7. The molecule has 3 aromatic rings. The van der Waals surface area contributed by atoms with E-state index in [9.17, 15) is 9.59 Å². The van der Waals surface area contributed by atoms with Crippen LogP contribution in [0.25, 0.3) is 11.2 Å². The van der Waals surface area contributed by atoms with Crippen molar-refractivity contribution >= 4 is 40.6 Å². The van der Waals surface area contributed by atoms with Crippen molar-refractivity contribution in [1.29, 1.82) is 0 Å². The summed E-state index contributed by atoms with van der Waals surface area (Å²) in [5, 5.41) is 11.8. The Morgan fingerprint density at radius 1 is 1.19 bits per heavy atom. The minimum absolute atomic E-state index is 0.290. The lowest BCUT2D eigenvalue weighted by molar-refractivity contribution is -0.193. The Bertz CT molecular complexity index is 1290. The summed E-state index contributed by atoms with van der Waals surface area (Å²) in [6.45, 7) is 3.70. The summed E-state index contributed by atoms with van der Waals surface area (Å²) in [7, 11) is 0. The van der Waals surface area contributed by atoms with E-state index in [1.807, 2.05) is 19.9 Å². The number of nitrogens with zero attached hydrogens (tertiary/aromatic N) is 4. The van der Waals surface area contributed by atoms with Gasteiger partial charge in [-0.05, 0) is 38.2 Å². The van der Waals surface area contributed by atoms with Gasteiger partial charge >= 0.3 is 5.97 Å². The van der Waals surface area contributed by atoms with Gasteiger partial charge in [0.2, 0.25) is 0 Å². The predicted molar refractivity (Wildman–Crippen MR) is 135 cm³/mol. The van der Waals surface area contributed by atoms with Gasteiger partial charge in [-0.15, -0.1) is 0 Å². The molecule has 1 amide bonds. The number of rotatable bonds is 9. The molecule has 4 heterocycles. The number of carboxylic acids is 1. The van der Waals surface area contributed by atoms with Crippen molar-refractivity contribution in [1.82, 2.24) is 19.5 Å². The van der Waals surface area contributed by atoms with Crippen molar-refractivity contribution < 1.29 is 28.9 Å². The zero-order chi connectivity index (χ0) is 26.2. The van der Waals surface area contributed by atoms with Gasteiger partial charge in [-0.3, -0.25) is 14.2 Å². The van der Waals surface area contributed by atoms with Gasteiger partial charge in [0, 0.05) is 11.3 Å². The molecule has 196 valence electrons. The summed E-state index contributed by atoms with van der Waals surface area (Å²) in [4.78, 5) is 36.7. The van der Waals surface area contributed by atoms with Crippen molar-refractivity contribution in [2.75, 3.05) is 16.8 Å². The molecule has 13 heteroatoms. The maximum Gasteiger partial charge on any atom is 0.320 e. The maximum absolute atomic E-state index is 12.7. The zero-order valence-corrected chi connectivity index (χ0v) is 21.1. The van der Waals surface area contributed by atoms with Crippen LogP contribution in [0.1, 0.15) is 36.9 Å². The number of nitrogens with one attached hydrogen (secondary N) is 1. The molecule has 1 aromatic carbocycles. The third-order valence-corrected chi connectivity index (χ3v) is 7.29. The van der Waals surface area contributed by atoms with Crippen molar-refractivity contribution in [3.63, 3.8) is 0 Å². The first-order chi connectivity index (χ1) is 17.7. The number of anilines is 1. The quantitative estimate of drug-likeness (QED) is 0.348. The molecule has 2 aromatic heterocycles. The normalized spacial score (nSPS) is 25.2. The highest BCUT2D eigenvalue weighted by atomic mass is 32.2. The van der Waals surface area contributed by atoms with Crippen molar-refractivity contribution in [3.05, 3.63) is 48.5 Å². The number of benzene rings is 1. The molecule has 12 nitrogen and oxygen atoms in total. The third-order valence-electron chi connectivity index (χ3n) is 6.20.